The summed E-state index contributed by atoms with van der Waals surface area (Å²) in [5.74, 6) is -0.197. The van der Waals surface area contributed by atoms with Gasteiger partial charge in [0, 0.05) is 46.9 Å². The molecule has 3 heterocycles. The second kappa shape index (κ2) is 10.5. The van der Waals surface area contributed by atoms with Gasteiger partial charge < -0.3 is 4.98 Å². The fraction of sp³-hybridized carbons (Fsp3) is 0.200. The third-order valence-corrected chi connectivity index (χ3v) is 6.29. The van der Waals surface area contributed by atoms with Gasteiger partial charge in [-0.2, -0.15) is 0 Å². The van der Waals surface area contributed by atoms with Crippen LogP contribution in [0.25, 0.3) is 11.1 Å². The summed E-state index contributed by atoms with van der Waals surface area (Å²) in [4.78, 5) is 36.9. The Bertz CT molecular complexity index is 1240. The van der Waals surface area contributed by atoms with Crippen molar-refractivity contribution in [2.24, 2.45) is 5.92 Å². The highest BCUT2D eigenvalue weighted by molar-refractivity contribution is 7.07. The van der Waals surface area contributed by atoms with Crippen molar-refractivity contribution in [3.05, 3.63) is 104 Å². The molecule has 0 aliphatic rings. The molecular weight excluding hydrogens is 442 g/mol. The molecule has 0 saturated heterocycles. The number of aryl methyl sites for hydroxylation is 1. The lowest BCUT2D eigenvalue weighted by molar-refractivity contribution is -0.122. The fourth-order valence-electron chi connectivity index (χ4n) is 3.71. The number of ketones is 1. The van der Waals surface area contributed by atoms with Gasteiger partial charge in [-0.25, -0.2) is 4.98 Å². The van der Waals surface area contributed by atoms with Gasteiger partial charge in [0.1, 0.15) is 5.78 Å². The Morgan fingerprint density at radius 3 is 2.72 bits per heavy atom. The van der Waals surface area contributed by atoms with E-state index in [1.807, 2.05) is 41.8 Å². The molecule has 0 fully saturated rings. The molecule has 7 heteroatoms. The molecule has 0 aliphatic carbocycles. The number of hydrogen-bond donors (Lipinski definition) is 1. The lowest BCUT2D eigenvalue weighted by atomic mass is 9.87. The van der Waals surface area contributed by atoms with Crippen LogP contribution in [0.4, 0.5) is 0 Å². The zero-order valence-corrected chi connectivity index (χ0v) is 18.9. The largest absolute Gasteiger partial charge is 0.328 e. The molecule has 0 amide bonds. The minimum Gasteiger partial charge on any atom is -0.328 e. The Balaban J connectivity index is 1.55. The number of nitrogens with one attached hydrogen (secondary N) is 1. The quantitative estimate of drug-likeness (QED) is 0.372. The van der Waals surface area contributed by atoms with Crippen LogP contribution in [0.1, 0.15) is 23.2 Å². The van der Waals surface area contributed by atoms with Crippen molar-refractivity contribution in [2.75, 3.05) is 0 Å². The van der Waals surface area contributed by atoms with E-state index in [2.05, 4.69) is 15.0 Å². The first-order valence-corrected chi connectivity index (χ1v) is 11.7. The van der Waals surface area contributed by atoms with Gasteiger partial charge in [0.2, 0.25) is 0 Å². The summed E-state index contributed by atoms with van der Waals surface area (Å²) < 4.78 is 0. The monoisotopic (exact) mass is 463 g/mol. The average molecular weight is 464 g/mol. The summed E-state index contributed by atoms with van der Waals surface area (Å²) in [5.41, 5.74) is 5.80. The second-order valence-electron chi connectivity index (χ2n) is 7.67. The van der Waals surface area contributed by atoms with E-state index in [-0.39, 0.29) is 23.7 Å². The first-order chi connectivity index (χ1) is 15.6. The maximum atomic E-state index is 13.3. The van der Waals surface area contributed by atoms with Crippen molar-refractivity contribution in [3.8, 4) is 11.1 Å². The molecule has 162 valence electrons. The molecule has 0 bridgehead atoms. The van der Waals surface area contributed by atoms with Crippen molar-refractivity contribution in [1.82, 2.24) is 15.0 Å². The smallest absolute Gasteiger partial charge is 0.251 e. The molecule has 1 N–H and O–H groups in total. The second-order valence-corrected chi connectivity index (χ2v) is 8.83. The summed E-state index contributed by atoms with van der Waals surface area (Å²) in [7, 11) is 0. The highest BCUT2D eigenvalue weighted by atomic mass is 35.5. The van der Waals surface area contributed by atoms with Crippen LogP contribution in [0.2, 0.25) is 5.02 Å². The van der Waals surface area contributed by atoms with Gasteiger partial charge in [0.15, 0.2) is 0 Å². The number of pyridine rings is 2. The van der Waals surface area contributed by atoms with Crippen molar-refractivity contribution >= 4 is 28.7 Å². The fourth-order valence-corrected chi connectivity index (χ4v) is 4.52. The van der Waals surface area contributed by atoms with E-state index in [0.29, 0.717) is 29.8 Å². The van der Waals surface area contributed by atoms with Crippen LogP contribution in [0.5, 0.6) is 0 Å². The minimum atomic E-state index is -0.239. The Kier molecular flexibility index (Phi) is 7.24. The maximum Gasteiger partial charge on any atom is 0.251 e. The number of nitrogens with zero attached hydrogens (tertiary/aromatic N) is 2. The number of aromatic nitrogens is 3. The van der Waals surface area contributed by atoms with Crippen LogP contribution in [-0.2, 0) is 24.1 Å². The van der Waals surface area contributed by atoms with E-state index in [0.717, 1.165) is 22.4 Å². The summed E-state index contributed by atoms with van der Waals surface area (Å²) in [6.45, 7) is 0. The summed E-state index contributed by atoms with van der Waals surface area (Å²) in [5, 5.41) is 2.65. The van der Waals surface area contributed by atoms with Crippen molar-refractivity contribution in [2.45, 2.75) is 25.7 Å². The number of thiazole rings is 1. The Morgan fingerprint density at radius 1 is 1.12 bits per heavy atom. The predicted octanol–water partition coefficient (Wildman–Crippen LogP) is 5.15. The van der Waals surface area contributed by atoms with Crippen LogP contribution in [-0.4, -0.2) is 20.7 Å². The molecule has 0 saturated carbocycles. The summed E-state index contributed by atoms with van der Waals surface area (Å²) in [6.07, 6.45) is 7.10. The van der Waals surface area contributed by atoms with Gasteiger partial charge >= 0.3 is 0 Å². The molecule has 0 spiro atoms. The molecule has 4 aromatic rings. The zero-order valence-electron chi connectivity index (χ0n) is 17.3. The van der Waals surface area contributed by atoms with Crippen molar-refractivity contribution in [3.63, 3.8) is 0 Å². The number of carbonyl (C=O) groups excluding carboxylic acids is 1. The molecule has 1 aromatic carbocycles. The van der Waals surface area contributed by atoms with E-state index in [9.17, 15) is 9.59 Å². The van der Waals surface area contributed by atoms with E-state index in [4.69, 9.17) is 11.6 Å². The van der Waals surface area contributed by atoms with Gasteiger partial charge in [0.25, 0.3) is 5.56 Å². The van der Waals surface area contributed by atoms with Crippen molar-refractivity contribution in [1.29, 1.82) is 0 Å². The van der Waals surface area contributed by atoms with Crippen molar-refractivity contribution < 1.29 is 4.79 Å². The lowest BCUT2D eigenvalue weighted by Gasteiger charge is -2.16. The summed E-state index contributed by atoms with van der Waals surface area (Å²) in [6, 6.07) is 13.1. The van der Waals surface area contributed by atoms with E-state index in [1.165, 1.54) is 0 Å². The van der Waals surface area contributed by atoms with Gasteiger partial charge in [-0.3, -0.25) is 14.6 Å². The number of Topliss-reactive ketones (excluding diaryl/α,β-unsaturated/α-hetero) is 1. The Morgan fingerprint density at radius 2 is 1.97 bits per heavy atom. The first kappa shape index (κ1) is 22.1. The standard InChI is InChI=1S/C25H22ClN3O2S/c26-22-3-1-2-17(11-22)10-19(4-5-23-15-32-16-29-23)24(30)13-20-12-21(14-28-25(20)31)18-6-8-27-9-7-18/h1-3,6-9,11-12,14-16,19H,4-5,10,13H2,(H,28,31)/t19-/m0/s1. The Labute approximate surface area is 195 Å². The number of carbonyl (C=O) groups is 1. The van der Waals surface area contributed by atoms with Crippen LogP contribution >= 0.6 is 22.9 Å². The SMILES string of the molecule is O=C(Cc1cc(-c2ccncc2)c[nH]c1=O)[C@@H](CCc1cscn1)Cc1cccc(Cl)c1. The zero-order chi connectivity index (χ0) is 22.3. The third-order valence-electron chi connectivity index (χ3n) is 5.42. The highest BCUT2D eigenvalue weighted by Crippen LogP contribution is 2.22. The normalized spacial score (nSPS) is 11.9. The predicted molar refractivity (Wildman–Crippen MR) is 128 cm³/mol. The lowest BCUT2D eigenvalue weighted by Crippen LogP contribution is -2.24. The molecule has 5 nitrogen and oxygen atoms in total. The molecule has 32 heavy (non-hydrogen) atoms. The number of aromatic amines is 1. The van der Waals surface area contributed by atoms with Crippen LogP contribution in [0, 0.1) is 5.92 Å². The highest BCUT2D eigenvalue weighted by Gasteiger charge is 2.21. The average Bonchev–Trinajstić information content (AvgIpc) is 3.32. The maximum absolute atomic E-state index is 13.3. The molecule has 0 radical (unpaired) electrons. The molecule has 0 unspecified atom stereocenters. The molecular formula is C25H22ClN3O2S. The first-order valence-electron chi connectivity index (χ1n) is 10.3. The van der Waals surface area contributed by atoms with Gasteiger partial charge in [-0.1, -0.05) is 23.7 Å². The van der Waals surface area contributed by atoms with E-state index in [1.54, 1.807) is 41.5 Å². The van der Waals surface area contributed by atoms with Crippen LogP contribution in [0.15, 0.2) is 76.7 Å². The number of halogens is 1. The molecule has 0 aliphatic heterocycles. The number of H-pyrrole nitrogens is 1. The molecule has 3 aromatic heterocycles. The topological polar surface area (TPSA) is 75.7 Å². The number of hydrogen-bond acceptors (Lipinski definition) is 5. The van der Waals surface area contributed by atoms with E-state index < -0.39 is 0 Å². The van der Waals surface area contributed by atoms with Crippen LogP contribution < -0.4 is 5.56 Å². The van der Waals surface area contributed by atoms with Crippen LogP contribution in [0.3, 0.4) is 0 Å². The molecule has 1 atom stereocenters. The number of rotatable bonds is 9. The van der Waals surface area contributed by atoms with E-state index >= 15 is 0 Å². The summed E-state index contributed by atoms with van der Waals surface area (Å²) >= 11 is 7.70. The molecule has 4 rings (SSSR count). The van der Waals surface area contributed by atoms with Gasteiger partial charge in [0.05, 0.1) is 11.2 Å². The van der Waals surface area contributed by atoms with Gasteiger partial charge in [-0.15, -0.1) is 11.3 Å². The minimum absolute atomic E-state index is 0.0394. The number of benzene rings is 1. The Hall–Kier alpha value is -3.09. The van der Waals surface area contributed by atoms with Gasteiger partial charge in [-0.05, 0) is 66.3 Å². The third kappa shape index (κ3) is 5.78.